The van der Waals surface area contributed by atoms with Gasteiger partial charge in [-0.05, 0) is 38.5 Å². The summed E-state index contributed by atoms with van der Waals surface area (Å²) in [5.41, 5.74) is 0.761. The lowest BCUT2D eigenvalue weighted by Crippen LogP contribution is -2.19. The van der Waals surface area contributed by atoms with Crippen LogP contribution in [0.2, 0.25) is 0 Å². The van der Waals surface area contributed by atoms with Gasteiger partial charge in [-0.15, -0.1) is 13.2 Å². The first-order valence-corrected chi connectivity index (χ1v) is 5.88. The molecule has 1 nitrogen and oxygen atoms in total. The summed E-state index contributed by atoms with van der Waals surface area (Å²) in [7, 11) is 0. The molecular weight excluding hydrogens is 196 g/mol. The molecule has 0 aliphatic rings. The predicted octanol–water partition coefficient (Wildman–Crippen LogP) is 4.25. The lowest BCUT2D eigenvalue weighted by Gasteiger charge is -2.20. The molecule has 0 aromatic rings. The minimum Gasteiger partial charge on any atom is -0.386 e. The number of hydrogen-bond donors (Lipinski definition) is 1. The fourth-order valence-corrected chi connectivity index (χ4v) is 1.58. The summed E-state index contributed by atoms with van der Waals surface area (Å²) in [5.74, 6) is 0. The van der Waals surface area contributed by atoms with Gasteiger partial charge in [0.1, 0.15) is 0 Å². The van der Waals surface area contributed by atoms with E-state index in [1.807, 2.05) is 6.08 Å². The van der Waals surface area contributed by atoms with E-state index >= 15 is 0 Å². The van der Waals surface area contributed by atoms with Crippen molar-refractivity contribution in [3.63, 3.8) is 0 Å². The molecule has 0 radical (unpaired) electrons. The van der Waals surface area contributed by atoms with Gasteiger partial charge in [-0.25, -0.2) is 0 Å². The smallest absolute Gasteiger partial charge is 0.0800 e. The highest BCUT2D eigenvalue weighted by molar-refractivity contribution is 5.06. The van der Waals surface area contributed by atoms with Crippen LogP contribution in [0.5, 0.6) is 0 Å². The molecule has 0 amide bonds. The molecule has 0 rings (SSSR count). The largest absolute Gasteiger partial charge is 0.386 e. The van der Waals surface area contributed by atoms with Crippen LogP contribution < -0.4 is 0 Å². The third-order valence-electron chi connectivity index (χ3n) is 2.87. The van der Waals surface area contributed by atoms with Crippen LogP contribution in [-0.4, -0.2) is 10.7 Å². The van der Waals surface area contributed by atoms with Gasteiger partial charge in [0.2, 0.25) is 0 Å². The van der Waals surface area contributed by atoms with Crippen molar-refractivity contribution in [2.75, 3.05) is 0 Å². The Labute approximate surface area is 101 Å². The summed E-state index contributed by atoms with van der Waals surface area (Å²) in [4.78, 5) is 0. The highest BCUT2D eigenvalue weighted by Gasteiger charge is 2.15. The fourth-order valence-electron chi connectivity index (χ4n) is 1.58. The first kappa shape index (κ1) is 15.2. The molecule has 0 aliphatic carbocycles. The molecule has 1 N–H and O–H groups in total. The Kier molecular flexibility index (Phi) is 5.74. The molecule has 0 aromatic carbocycles. The predicted molar refractivity (Wildman–Crippen MR) is 72.4 cm³/mol. The van der Waals surface area contributed by atoms with Crippen molar-refractivity contribution < 1.29 is 5.11 Å². The minimum atomic E-state index is -0.745. The second-order valence-electron chi connectivity index (χ2n) is 5.52. The molecule has 92 valence electrons. The van der Waals surface area contributed by atoms with Crippen molar-refractivity contribution in [2.45, 2.75) is 52.6 Å². The number of hydrogen-bond acceptors (Lipinski definition) is 1. The summed E-state index contributed by atoms with van der Waals surface area (Å²) >= 11 is 0. The van der Waals surface area contributed by atoms with Crippen LogP contribution in [0.15, 0.2) is 37.0 Å². The third-order valence-corrected chi connectivity index (χ3v) is 2.87. The zero-order valence-electron chi connectivity index (χ0n) is 11.2. The van der Waals surface area contributed by atoms with Crippen molar-refractivity contribution in [3.8, 4) is 0 Å². The molecule has 1 atom stereocenters. The van der Waals surface area contributed by atoms with Crippen LogP contribution >= 0.6 is 0 Å². The third kappa shape index (κ3) is 6.62. The molecule has 0 aromatic heterocycles. The second-order valence-corrected chi connectivity index (χ2v) is 5.52. The Morgan fingerprint density at radius 1 is 1.19 bits per heavy atom. The van der Waals surface area contributed by atoms with Gasteiger partial charge in [0.15, 0.2) is 0 Å². The maximum absolute atomic E-state index is 9.75. The summed E-state index contributed by atoms with van der Waals surface area (Å²) in [6.45, 7) is 15.7. The van der Waals surface area contributed by atoms with Crippen LogP contribution in [0.4, 0.5) is 0 Å². The van der Waals surface area contributed by atoms with Gasteiger partial charge < -0.3 is 5.11 Å². The van der Waals surface area contributed by atoms with Crippen molar-refractivity contribution in [2.24, 2.45) is 5.41 Å². The average molecular weight is 222 g/mol. The fraction of sp³-hybridized carbons (Fsp3) is 0.600. The number of rotatable bonds is 7. The standard InChI is InChI=1S/C15H26O/c1-7-14(4,5)12-13(3)10-9-11-15(6,16)8-2/h7-8,10,16H,1-2,9,11-12H2,3-6H3/b13-10+/t15-/m0/s1. The molecule has 1 heteroatoms. The molecule has 0 fully saturated rings. The number of aliphatic hydroxyl groups is 1. The zero-order chi connectivity index (χ0) is 12.8. The zero-order valence-corrected chi connectivity index (χ0v) is 11.2. The molecule has 0 unspecified atom stereocenters. The molecule has 0 saturated heterocycles. The van der Waals surface area contributed by atoms with Crippen LogP contribution in [0.25, 0.3) is 0 Å². The molecule has 0 bridgehead atoms. The average Bonchev–Trinajstić information content (AvgIpc) is 2.17. The monoisotopic (exact) mass is 222 g/mol. The summed E-state index contributed by atoms with van der Waals surface area (Å²) in [6.07, 6.45) is 8.42. The van der Waals surface area contributed by atoms with Crippen molar-refractivity contribution in [1.29, 1.82) is 0 Å². The van der Waals surface area contributed by atoms with Crippen LogP contribution in [-0.2, 0) is 0 Å². The van der Waals surface area contributed by atoms with Crippen molar-refractivity contribution in [3.05, 3.63) is 37.0 Å². The summed E-state index contributed by atoms with van der Waals surface area (Å²) in [6, 6.07) is 0. The van der Waals surface area contributed by atoms with E-state index < -0.39 is 5.60 Å². The van der Waals surface area contributed by atoms with Gasteiger partial charge in [-0.3, -0.25) is 0 Å². The van der Waals surface area contributed by atoms with Crippen molar-refractivity contribution in [1.82, 2.24) is 0 Å². The van der Waals surface area contributed by atoms with E-state index in [0.29, 0.717) is 0 Å². The van der Waals surface area contributed by atoms with Gasteiger partial charge in [0, 0.05) is 0 Å². The molecule has 0 heterocycles. The SMILES string of the molecule is C=CC(C)(C)C/C(C)=C/CC[C@@](C)(O)C=C. The van der Waals surface area contributed by atoms with E-state index in [4.69, 9.17) is 0 Å². The first-order valence-electron chi connectivity index (χ1n) is 5.88. The summed E-state index contributed by atoms with van der Waals surface area (Å²) < 4.78 is 0. The minimum absolute atomic E-state index is 0.154. The van der Waals surface area contributed by atoms with E-state index in [2.05, 4.69) is 40.0 Å². The first-order chi connectivity index (χ1) is 7.22. The Hall–Kier alpha value is -0.820. The molecule has 0 spiro atoms. The van der Waals surface area contributed by atoms with E-state index in [-0.39, 0.29) is 5.41 Å². The molecule has 16 heavy (non-hydrogen) atoms. The van der Waals surface area contributed by atoms with E-state index in [9.17, 15) is 5.11 Å². The lowest BCUT2D eigenvalue weighted by molar-refractivity contribution is 0.103. The maximum Gasteiger partial charge on any atom is 0.0800 e. The summed E-state index contributed by atoms with van der Waals surface area (Å²) in [5, 5.41) is 9.75. The number of allylic oxidation sites excluding steroid dienone is 3. The van der Waals surface area contributed by atoms with Gasteiger partial charge in [0.25, 0.3) is 0 Å². The normalized spacial score (nSPS) is 16.7. The highest BCUT2D eigenvalue weighted by atomic mass is 16.3. The Bertz CT molecular complexity index is 269. The maximum atomic E-state index is 9.75. The lowest BCUT2D eigenvalue weighted by atomic mass is 9.86. The quantitative estimate of drug-likeness (QED) is 0.638. The van der Waals surface area contributed by atoms with E-state index in [0.717, 1.165) is 19.3 Å². The van der Waals surface area contributed by atoms with Gasteiger partial charge in [0.05, 0.1) is 5.60 Å². The molecule has 0 saturated carbocycles. The van der Waals surface area contributed by atoms with Crippen molar-refractivity contribution >= 4 is 0 Å². The van der Waals surface area contributed by atoms with Crippen LogP contribution in [0.1, 0.15) is 47.0 Å². The van der Waals surface area contributed by atoms with Gasteiger partial charge in [-0.2, -0.15) is 0 Å². The van der Waals surface area contributed by atoms with E-state index in [1.54, 1.807) is 13.0 Å². The Morgan fingerprint density at radius 3 is 2.19 bits per heavy atom. The van der Waals surface area contributed by atoms with E-state index in [1.165, 1.54) is 5.57 Å². The van der Waals surface area contributed by atoms with Gasteiger partial charge >= 0.3 is 0 Å². The van der Waals surface area contributed by atoms with Crippen LogP contribution in [0, 0.1) is 5.41 Å². The second kappa shape index (κ2) is 6.05. The topological polar surface area (TPSA) is 20.2 Å². The van der Waals surface area contributed by atoms with Gasteiger partial charge in [-0.1, -0.05) is 37.6 Å². The molecule has 0 aliphatic heterocycles. The highest BCUT2D eigenvalue weighted by Crippen LogP contribution is 2.26. The Morgan fingerprint density at radius 2 is 1.75 bits per heavy atom. The Balaban J connectivity index is 4.16. The molecular formula is C15H26O. The van der Waals surface area contributed by atoms with Crippen LogP contribution in [0.3, 0.4) is 0 Å².